The fraction of sp³-hybridized carbons (Fsp3) is 0. The van der Waals surface area contributed by atoms with Crippen molar-refractivity contribution >= 4 is 9.05 Å². The van der Waals surface area contributed by atoms with Crippen LogP contribution in [0.15, 0.2) is 0 Å². The Morgan fingerprint density at radius 2 is 1.50 bits per heavy atom. The Kier molecular flexibility index (Phi) is 6.23. The van der Waals surface area contributed by atoms with E-state index in [0.717, 1.165) is 0 Å². The topological polar surface area (TPSA) is 58.9 Å². The van der Waals surface area contributed by atoms with Crippen molar-refractivity contribution in [2.45, 2.75) is 0 Å². The van der Waals surface area contributed by atoms with E-state index in [4.69, 9.17) is 9.59 Å². The molecule has 0 bridgehead atoms. The van der Waals surface area contributed by atoms with Gasteiger partial charge >= 0.3 is 27.9 Å². The van der Waals surface area contributed by atoms with Gasteiger partial charge < -0.3 is 11.0 Å². The van der Waals surface area contributed by atoms with Crippen LogP contribution in [0.2, 0.25) is 0 Å². The second-order valence-electron chi connectivity index (χ2n) is 0.703. The van der Waals surface area contributed by atoms with Gasteiger partial charge in [-0.3, -0.25) is 0 Å². The van der Waals surface area contributed by atoms with Gasteiger partial charge in [0.15, 0.2) is 0 Å². The quantitative estimate of drug-likeness (QED) is 0.388. The molecule has 8 heteroatoms. The first kappa shape index (κ1) is 11.3. The number of hydrogen-bond acceptors (Lipinski definition) is 4. The van der Waals surface area contributed by atoms with Crippen LogP contribution >= 0.6 is 0 Å². The third-order valence-electron chi connectivity index (χ3n) is 0.201. The zero-order valence-corrected chi connectivity index (χ0v) is 4.97. The molecule has 0 aromatic rings. The summed E-state index contributed by atoms with van der Waals surface area (Å²) in [5.74, 6) is 0. The van der Waals surface area contributed by atoms with E-state index in [0.29, 0.717) is 0 Å². The van der Waals surface area contributed by atoms with Crippen LogP contribution in [0.3, 0.4) is 0 Å². The molecule has 0 aliphatic carbocycles. The Morgan fingerprint density at radius 3 is 1.50 bits per heavy atom. The van der Waals surface area contributed by atoms with Crippen LogP contribution in [0.1, 0.15) is 1.43 Å². The van der Waals surface area contributed by atoms with Gasteiger partial charge in [-0.25, -0.2) is 0 Å². The summed E-state index contributed by atoms with van der Waals surface area (Å²) in [6.07, 6.45) is 0. The number of halogens is 2. The minimum absolute atomic E-state index is 0. The van der Waals surface area contributed by atoms with Gasteiger partial charge in [-0.1, -0.05) is 9.05 Å². The van der Waals surface area contributed by atoms with Crippen LogP contribution in [0.25, 0.3) is 0 Å². The number of hydrogen-bond donors (Lipinski definition) is 2. The molecule has 0 amide bonds. The smallest absolute Gasteiger partial charge is 1.00 e. The van der Waals surface area contributed by atoms with Crippen molar-refractivity contribution in [3.63, 3.8) is 0 Å². The van der Waals surface area contributed by atoms with Crippen molar-refractivity contribution in [1.29, 1.82) is 0 Å². The molecule has 0 aliphatic heterocycles. The van der Waals surface area contributed by atoms with Crippen molar-refractivity contribution in [3.8, 4) is 0 Å². The molecule has 0 radical (unpaired) electrons. The zero-order chi connectivity index (χ0) is 5.91. The average molecular weight is 140 g/mol. The standard InChI is InChI=1S/F2H2O4Si.Li.H/c1-5-7(3,4)6-2;;/h3-4H;;/q;+1;-1. The second-order valence-corrected chi connectivity index (χ2v) is 2.11. The van der Waals surface area contributed by atoms with E-state index in [9.17, 15) is 9.05 Å². The van der Waals surface area contributed by atoms with Crippen LogP contribution in [0.5, 0.6) is 0 Å². The van der Waals surface area contributed by atoms with E-state index >= 15 is 0 Å². The van der Waals surface area contributed by atoms with E-state index in [1.807, 2.05) is 0 Å². The molecule has 0 saturated heterocycles. The third kappa shape index (κ3) is 4.67. The molecule has 0 heterocycles. The molecule has 46 valence electrons. The first-order valence-electron chi connectivity index (χ1n) is 1.16. The van der Waals surface area contributed by atoms with Gasteiger partial charge in [0.25, 0.3) is 0 Å². The Hall–Kier alpha value is 0.514. The Bertz CT molecular complexity index is 56.5. The monoisotopic (exact) mass is 140 g/mol. The van der Waals surface area contributed by atoms with Crippen LogP contribution < -0.4 is 18.9 Å². The molecular weight excluding hydrogens is 137 g/mol. The summed E-state index contributed by atoms with van der Waals surface area (Å²) in [6.45, 7) is 0. The molecule has 0 aromatic heterocycles. The Balaban J connectivity index is -0.000000180. The van der Waals surface area contributed by atoms with Crippen LogP contribution in [0, 0.1) is 0 Å². The summed E-state index contributed by atoms with van der Waals surface area (Å²) in [5, 5.41) is 0. The molecule has 0 aliphatic rings. The van der Waals surface area contributed by atoms with Gasteiger partial charge in [-0.2, -0.15) is 9.26 Å². The van der Waals surface area contributed by atoms with Gasteiger partial charge in [-0.05, 0) is 0 Å². The normalized spacial score (nSPS) is 10.5. The minimum atomic E-state index is -4.98. The predicted molar refractivity (Wildman–Crippen MR) is 15.7 cm³/mol. The zero-order valence-electron chi connectivity index (χ0n) is 4.97. The van der Waals surface area contributed by atoms with E-state index < -0.39 is 9.05 Å². The SMILES string of the molecule is O[Si](O)(OF)OF.[H-].[Li+]. The molecule has 0 atom stereocenters. The summed E-state index contributed by atoms with van der Waals surface area (Å²) < 4.78 is 25.4. The van der Waals surface area contributed by atoms with Crippen molar-refractivity contribution < 1.29 is 48.2 Å². The molecule has 0 spiro atoms. The van der Waals surface area contributed by atoms with E-state index in [-0.39, 0.29) is 20.3 Å². The molecule has 2 N–H and O–H groups in total. The molecule has 0 unspecified atom stereocenters. The van der Waals surface area contributed by atoms with Crippen LogP contribution in [-0.4, -0.2) is 18.6 Å². The first-order valence-corrected chi connectivity index (χ1v) is 2.87. The molecule has 0 rings (SSSR count). The molecule has 4 nitrogen and oxygen atoms in total. The van der Waals surface area contributed by atoms with Crippen molar-refractivity contribution in [3.05, 3.63) is 0 Å². The summed E-state index contributed by atoms with van der Waals surface area (Å²) in [6, 6.07) is 0. The van der Waals surface area contributed by atoms with Crippen LogP contribution in [0.4, 0.5) is 9.05 Å². The van der Waals surface area contributed by atoms with Gasteiger partial charge in [-0.15, -0.1) is 0 Å². The first-order chi connectivity index (χ1) is 3.12. The number of rotatable bonds is 2. The fourth-order valence-electron chi connectivity index (χ4n) is 0.0119. The maximum Gasteiger partial charge on any atom is 1.00 e. The van der Waals surface area contributed by atoms with Crippen molar-refractivity contribution in [1.82, 2.24) is 0 Å². The molecule has 0 fully saturated rings. The minimum Gasteiger partial charge on any atom is -1.00 e. The molecule has 0 aromatic carbocycles. The third-order valence-corrected chi connectivity index (χ3v) is 0.603. The summed E-state index contributed by atoms with van der Waals surface area (Å²) in [5.41, 5.74) is 0. The Labute approximate surface area is 58.0 Å². The molecule has 8 heavy (non-hydrogen) atoms. The molecular formula is H3F2LiO4Si. The van der Waals surface area contributed by atoms with Gasteiger partial charge in [0.05, 0.1) is 0 Å². The van der Waals surface area contributed by atoms with Crippen molar-refractivity contribution in [2.75, 3.05) is 0 Å². The van der Waals surface area contributed by atoms with E-state index in [1.54, 1.807) is 0 Å². The van der Waals surface area contributed by atoms with E-state index in [1.165, 1.54) is 0 Å². The summed E-state index contributed by atoms with van der Waals surface area (Å²) in [4.78, 5) is 15.3. The maximum atomic E-state index is 10.5. The fourth-order valence-corrected chi connectivity index (χ4v) is 0.0357. The van der Waals surface area contributed by atoms with Crippen LogP contribution in [-0.2, 0) is 9.26 Å². The largest absolute Gasteiger partial charge is 1.00 e. The van der Waals surface area contributed by atoms with Gasteiger partial charge in [0.2, 0.25) is 0 Å². The van der Waals surface area contributed by atoms with Gasteiger partial charge in [0.1, 0.15) is 0 Å². The predicted octanol–water partition coefficient (Wildman–Crippen LogP) is -3.67. The Morgan fingerprint density at radius 1 is 1.25 bits per heavy atom. The maximum absolute atomic E-state index is 10.5. The average Bonchev–Trinajstić information content (AvgIpc) is 1.68. The summed E-state index contributed by atoms with van der Waals surface area (Å²) >= 11 is 0. The summed E-state index contributed by atoms with van der Waals surface area (Å²) in [7, 11) is -4.98. The van der Waals surface area contributed by atoms with Gasteiger partial charge in [0, 0.05) is 0 Å². The van der Waals surface area contributed by atoms with E-state index in [2.05, 4.69) is 9.26 Å². The second kappa shape index (κ2) is 4.40. The molecule has 0 saturated carbocycles. The van der Waals surface area contributed by atoms with Crippen molar-refractivity contribution in [2.24, 2.45) is 0 Å².